The summed E-state index contributed by atoms with van der Waals surface area (Å²) in [6.07, 6.45) is 1.94. The van der Waals surface area contributed by atoms with E-state index in [9.17, 15) is 0 Å². The first-order valence-electron chi connectivity index (χ1n) is 7.30. The highest BCUT2D eigenvalue weighted by molar-refractivity contribution is 5.67. The highest BCUT2D eigenvalue weighted by Crippen LogP contribution is 2.26. The van der Waals surface area contributed by atoms with Gasteiger partial charge in [0.05, 0.1) is 18.4 Å². The van der Waals surface area contributed by atoms with Crippen LogP contribution in [0, 0.1) is 26.7 Å². The minimum atomic E-state index is 0.658. The predicted molar refractivity (Wildman–Crippen MR) is 84.8 cm³/mol. The fourth-order valence-corrected chi connectivity index (χ4v) is 2.66. The quantitative estimate of drug-likeness (QED) is 0.869. The van der Waals surface area contributed by atoms with E-state index in [2.05, 4.69) is 62.0 Å². The third kappa shape index (κ3) is 3.48. The van der Waals surface area contributed by atoms with Crippen LogP contribution in [-0.2, 0) is 6.54 Å². The van der Waals surface area contributed by atoms with E-state index in [0.29, 0.717) is 5.92 Å². The van der Waals surface area contributed by atoms with Crippen molar-refractivity contribution in [2.45, 2.75) is 41.2 Å². The Hall–Kier alpha value is -1.61. The molecule has 3 nitrogen and oxygen atoms in total. The molecule has 0 aliphatic heterocycles. The Morgan fingerprint density at radius 3 is 2.40 bits per heavy atom. The van der Waals surface area contributed by atoms with Crippen LogP contribution < -0.4 is 5.32 Å². The van der Waals surface area contributed by atoms with Crippen molar-refractivity contribution in [2.24, 2.45) is 5.92 Å². The molecule has 20 heavy (non-hydrogen) atoms. The Kier molecular flexibility index (Phi) is 4.61. The molecular formula is C17H25N3. The number of aryl methyl sites for hydroxylation is 3. The second-order valence-corrected chi connectivity index (χ2v) is 6.04. The fourth-order valence-electron chi connectivity index (χ4n) is 2.66. The van der Waals surface area contributed by atoms with E-state index < -0.39 is 0 Å². The van der Waals surface area contributed by atoms with E-state index in [0.717, 1.165) is 24.6 Å². The molecule has 0 aliphatic carbocycles. The first kappa shape index (κ1) is 14.8. The molecule has 0 aliphatic rings. The molecule has 1 aromatic carbocycles. The summed E-state index contributed by atoms with van der Waals surface area (Å²) in [6.45, 7) is 12.7. The normalized spacial score (nSPS) is 11.3. The molecule has 0 bridgehead atoms. The second kappa shape index (κ2) is 6.23. The van der Waals surface area contributed by atoms with E-state index in [4.69, 9.17) is 0 Å². The number of hydrogen-bond acceptors (Lipinski definition) is 2. The van der Waals surface area contributed by atoms with E-state index in [1.807, 2.05) is 6.20 Å². The van der Waals surface area contributed by atoms with Crippen molar-refractivity contribution in [3.63, 3.8) is 0 Å². The number of aromatic nitrogens is 2. The maximum Gasteiger partial charge on any atom is 0.120 e. The zero-order valence-corrected chi connectivity index (χ0v) is 13.2. The SMILES string of the molecule is Cc1cc(C)c(-c2cnc(CNCC(C)C)[nH]2)c(C)c1. The summed E-state index contributed by atoms with van der Waals surface area (Å²) in [4.78, 5) is 7.91. The van der Waals surface area contributed by atoms with Gasteiger partial charge in [-0.2, -0.15) is 0 Å². The molecule has 3 heteroatoms. The molecular weight excluding hydrogens is 246 g/mol. The van der Waals surface area contributed by atoms with E-state index >= 15 is 0 Å². The molecule has 0 saturated heterocycles. The number of H-pyrrole nitrogens is 1. The third-order valence-corrected chi connectivity index (χ3v) is 3.42. The van der Waals surface area contributed by atoms with Crippen molar-refractivity contribution in [1.82, 2.24) is 15.3 Å². The molecule has 0 spiro atoms. The zero-order chi connectivity index (χ0) is 14.7. The lowest BCUT2D eigenvalue weighted by molar-refractivity contribution is 0.545. The lowest BCUT2D eigenvalue weighted by Crippen LogP contribution is -2.19. The molecule has 0 atom stereocenters. The van der Waals surface area contributed by atoms with Crippen LogP contribution >= 0.6 is 0 Å². The maximum atomic E-state index is 4.48. The highest BCUT2D eigenvalue weighted by Gasteiger charge is 2.09. The van der Waals surface area contributed by atoms with Gasteiger partial charge in [-0.3, -0.25) is 0 Å². The topological polar surface area (TPSA) is 40.7 Å². The summed E-state index contributed by atoms with van der Waals surface area (Å²) >= 11 is 0. The van der Waals surface area contributed by atoms with Crippen molar-refractivity contribution < 1.29 is 0 Å². The number of benzene rings is 1. The summed E-state index contributed by atoms with van der Waals surface area (Å²) in [7, 11) is 0. The summed E-state index contributed by atoms with van der Waals surface area (Å²) in [5, 5.41) is 3.41. The largest absolute Gasteiger partial charge is 0.341 e. The second-order valence-electron chi connectivity index (χ2n) is 6.04. The van der Waals surface area contributed by atoms with Gasteiger partial charge in [0.1, 0.15) is 5.82 Å². The van der Waals surface area contributed by atoms with Crippen LogP contribution in [0.15, 0.2) is 18.3 Å². The average molecular weight is 271 g/mol. The Labute approximate surface area is 121 Å². The number of rotatable bonds is 5. The molecule has 108 valence electrons. The Morgan fingerprint density at radius 1 is 1.15 bits per heavy atom. The first-order chi connectivity index (χ1) is 9.47. The fraction of sp³-hybridized carbons (Fsp3) is 0.471. The monoisotopic (exact) mass is 271 g/mol. The molecule has 0 unspecified atom stereocenters. The maximum absolute atomic E-state index is 4.48. The summed E-state index contributed by atoms with van der Waals surface area (Å²) in [6, 6.07) is 4.44. The number of nitrogens with zero attached hydrogens (tertiary/aromatic N) is 1. The highest BCUT2D eigenvalue weighted by atomic mass is 15.0. The first-order valence-corrected chi connectivity index (χ1v) is 7.30. The number of hydrogen-bond donors (Lipinski definition) is 2. The Morgan fingerprint density at radius 2 is 1.80 bits per heavy atom. The minimum absolute atomic E-state index is 0.658. The van der Waals surface area contributed by atoms with Crippen LogP contribution in [0.5, 0.6) is 0 Å². The van der Waals surface area contributed by atoms with Crippen molar-refractivity contribution >= 4 is 0 Å². The predicted octanol–water partition coefficient (Wildman–Crippen LogP) is 3.75. The van der Waals surface area contributed by atoms with Gasteiger partial charge in [0.15, 0.2) is 0 Å². The number of aromatic amines is 1. The average Bonchev–Trinajstić information content (AvgIpc) is 2.75. The van der Waals surface area contributed by atoms with Gasteiger partial charge in [-0.15, -0.1) is 0 Å². The molecule has 2 rings (SSSR count). The smallest absolute Gasteiger partial charge is 0.120 e. The van der Waals surface area contributed by atoms with Crippen LogP contribution in [-0.4, -0.2) is 16.5 Å². The van der Waals surface area contributed by atoms with Gasteiger partial charge in [-0.25, -0.2) is 4.98 Å². The van der Waals surface area contributed by atoms with Gasteiger partial charge >= 0.3 is 0 Å². The molecule has 0 fully saturated rings. The van der Waals surface area contributed by atoms with E-state index in [1.165, 1.54) is 22.3 Å². The number of nitrogens with one attached hydrogen (secondary N) is 2. The van der Waals surface area contributed by atoms with Crippen molar-refractivity contribution in [2.75, 3.05) is 6.54 Å². The summed E-state index contributed by atoms with van der Waals surface area (Å²) in [5.74, 6) is 1.66. The van der Waals surface area contributed by atoms with Gasteiger partial charge in [0, 0.05) is 5.56 Å². The van der Waals surface area contributed by atoms with E-state index in [1.54, 1.807) is 0 Å². The minimum Gasteiger partial charge on any atom is -0.341 e. The summed E-state index contributed by atoms with van der Waals surface area (Å²) in [5.41, 5.74) is 6.29. The van der Waals surface area contributed by atoms with Crippen LogP contribution in [0.3, 0.4) is 0 Å². The van der Waals surface area contributed by atoms with E-state index in [-0.39, 0.29) is 0 Å². The molecule has 1 heterocycles. The third-order valence-electron chi connectivity index (χ3n) is 3.42. The van der Waals surface area contributed by atoms with Crippen molar-refractivity contribution in [3.8, 4) is 11.3 Å². The van der Waals surface area contributed by atoms with Crippen LogP contribution in [0.1, 0.15) is 36.4 Å². The van der Waals surface area contributed by atoms with Gasteiger partial charge in [-0.1, -0.05) is 31.5 Å². The van der Waals surface area contributed by atoms with Gasteiger partial charge in [0.2, 0.25) is 0 Å². The van der Waals surface area contributed by atoms with Crippen molar-refractivity contribution in [3.05, 3.63) is 40.8 Å². The number of imidazole rings is 1. The van der Waals surface area contributed by atoms with Gasteiger partial charge in [0.25, 0.3) is 0 Å². The lowest BCUT2D eigenvalue weighted by atomic mass is 9.98. The molecule has 2 aromatic rings. The Balaban J connectivity index is 2.17. The van der Waals surface area contributed by atoms with Crippen LogP contribution in [0.25, 0.3) is 11.3 Å². The lowest BCUT2D eigenvalue weighted by Gasteiger charge is -2.09. The molecule has 1 aromatic heterocycles. The van der Waals surface area contributed by atoms with Gasteiger partial charge in [-0.05, 0) is 44.4 Å². The van der Waals surface area contributed by atoms with Crippen LogP contribution in [0.4, 0.5) is 0 Å². The van der Waals surface area contributed by atoms with Crippen LogP contribution in [0.2, 0.25) is 0 Å². The molecule has 0 amide bonds. The summed E-state index contributed by atoms with van der Waals surface area (Å²) < 4.78 is 0. The van der Waals surface area contributed by atoms with Crippen molar-refractivity contribution in [1.29, 1.82) is 0 Å². The Bertz CT molecular complexity index is 559. The molecule has 2 N–H and O–H groups in total. The van der Waals surface area contributed by atoms with Gasteiger partial charge < -0.3 is 10.3 Å². The zero-order valence-electron chi connectivity index (χ0n) is 13.2. The molecule has 0 radical (unpaired) electrons. The standard InChI is InChI=1S/C17H25N3/c1-11(2)8-18-10-16-19-9-15(20-16)17-13(4)6-12(3)7-14(17)5/h6-7,9,11,18H,8,10H2,1-5H3,(H,19,20). The molecule has 0 saturated carbocycles.